The Balaban J connectivity index is 1.55. The van der Waals surface area contributed by atoms with Gasteiger partial charge in [-0.25, -0.2) is 4.39 Å². The van der Waals surface area contributed by atoms with Crippen LogP contribution in [0.5, 0.6) is 0 Å². The highest BCUT2D eigenvalue weighted by Crippen LogP contribution is 2.39. The number of fused-ring (bicyclic) bond motifs is 2. The number of rotatable bonds is 4. The second kappa shape index (κ2) is 8.55. The lowest BCUT2D eigenvalue weighted by atomic mass is 9.92. The van der Waals surface area contributed by atoms with Crippen LogP contribution >= 0.6 is 0 Å². The molecule has 0 bridgehead atoms. The molecule has 0 radical (unpaired) electrons. The van der Waals surface area contributed by atoms with Crippen LogP contribution in [0.4, 0.5) is 4.39 Å². The summed E-state index contributed by atoms with van der Waals surface area (Å²) < 4.78 is 18.6. The number of halogens is 1. The van der Waals surface area contributed by atoms with E-state index in [-0.39, 0.29) is 5.56 Å². The smallest absolute Gasteiger partial charge is 0.141 e. The van der Waals surface area contributed by atoms with Crippen molar-refractivity contribution in [2.24, 2.45) is 7.05 Å². The first kappa shape index (κ1) is 22.4. The molecule has 6 rings (SSSR count). The van der Waals surface area contributed by atoms with Crippen molar-refractivity contribution in [3.05, 3.63) is 72.4 Å². The number of hydrogen-bond donors (Lipinski definition) is 2. The molecule has 1 fully saturated rings. The summed E-state index contributed by atoms with van der Waals surface area (Å²) >= 11 is 0. The van der Waals surface area contributed by atoms with Crippen molar-refractivity contribution in [3.63, 3.8) is 0 Å². The second-order valence-electron chi connectivity index (χ2n) is 9.55. The third-order valence-corrected chi connectivity index (χ3v) is 7.23. The summed E-state index contributed by atoms with van der Waals surface area (Å²) in [6.45, 7) is 2.03. The van der Waals surface area contributed by atoms with Crippen LogP contribution in [0, 0.1) is 17.1 Å². The van der Waals surface area contributed by atoms with E-state index in [2.05, 4.69) is 10.4 Å². The van der Waals surface area contributed by atoms with Crippen molar-refractivity contribution >= 4 is 21.8 Å². The number of piperidine rings is 1. The Morgan fingerprint density at radius 1 is 1.08 bits per heavy atom. The first-order valence-electron chi connectivity index (χ1n) is 12.0. The normalized spacial score (nSPS) is 15.4. The summed E-state index contributed by atoms with van der Waals surface area (Å²) in [6.07, 6.45) is 6.96. The molecule has 0 saturated carbocycles. The van der Waals surface area contributed by atoms with Crippen molar-refractivity contribution in [1.29, 1.82) is 5.26 Å². The zero-order valence-corrected chi connectivity index (χ0v) is 19.9. The highest BCUT2D eigenvalue weighted by Gasteiger charge is 2.30. The van der Waals surface area contributed by atoms with Crippen LogP contribution in [0.25, 0.3) is 44.2 Å². The predicted molar refractivity (Wildman–Crippen MR) is 137 cm³/mol. The van der Waals surface area contributed by atoms with Gasteiger partial charge in [0.15, 0.2) is 0 Å². The van der Waals surface area contributed by atoms with Crippen molar-refractivity contribution in [2.75, 3.05) is 13.1 Å². The van der Waals surface area contributed by atoms with Gasteiger partial charge in [0.25, 0.3) is 0 Å². The fourth-order valence-electron chi connectivity index (χ4n) is 5.25. The summed E-state index contributed by atoms with van der Waals surface area (Å²) in [7, 11) is 1.90. The number of aromatic nitrogens is 4. The Bertz CT molecular complexity index is 1650. The minimum Gasteiger partial charge on any atom is -0.388 e. The summed E-state index contributed by atoms with van der Waals surface area (Å²) in [6, 6.07) is 14.6. The average Bonchev–Trinajstić information content (AvgIpc) is 3.46. The molecule has 1 saturated heterocycles. The van der Waals surface area contributed by atoms with Crippen LogP contribution in [0.3, 0.4) is 0 Å². The first-order valence-corrected chi connectivity index (χ1v) is 12.0. The van der Waals surface area contributed by atoms with Gasteiger partial charge in [-0.3, -0.25) is 9.67 Å². The van der Waals surface area contributed by atoms with Crippen molar-refractivity contribution in [3.8, 4) is 28.5 Å². The number of nitrogens with zero attached hydrogens (tertiary/aromatic N) is 5. The Morgan fingerprint density at radius 2 is 1.89 bits per heavy atom. The maximum Gasteiger partial charge on any atom is 0.141 e. The van der Waals surface area contributed by atoms with E-state index in [0.717, 1.165) is 51.7 Å². The molecule has 2 aromatic carbocycles. The molecule has 8 heteroatoms. The van der Waals surface area contributed by atoms with Crippen LogP contribution in [-0.4, -0.2) is 43.1 Å². The van der Waals surface area contributed by atoms with Gasteiger partial charge >= 0.3 is 0 Å². The Kier molecular flexibility index (Phi) is 5.32. The first-order chi connectivity index (χ1) is 17.5. The lowest BCUT2D eigenvalue weighted by Gasteiger charge is -2.33. The summed E-state index contributed by atoms with van der Waals surface area (Å²) in [5.41, 5.74) is 4.13. The molecular formula is C28H25FN6O. The lowest BCUT2D eigenvalue weighted by molar-refractivity contribution is -0.00432. The van der Waals surface area contributed by atoms with Gasteiger partial charge in [0.1, 0.15) is 11.9 Å². The van der Waals surface area contributed by atoms with E-state index in [1.807, 2.05) is 65.2 Å². The largest absolute Gasteiger partial charge is 0.388 e. The van der Waals surface area contributed by atoms with Gasteiger partial charge in [-0.15, -0.1) is 0 Å². The van der Waals surface area contributed by atoms with E-state index < -0.39 is 11.4 Å². The molecule has 7 nitrogen and oxygen atoms in total. The zero-order chi connectivity index (χ0) is 24.9. The van der Waals surface area contributed by atoms with Crippen molar-refractivity contribution < 1.29 is 9.50 Å². The number of aliphatic hydroxyl groups is 1. The van der Waals surface area contributed by atoms with Crippen LogP contribution in [0.2, 0.25) is 0 Å². The van der Waals surface area contributed by atoms with E-state index in [0.29, 0.717) is 24.9 Å². The molecular weight excluding hydrogens is 455 g/mol. The molecule has 0 spiro atoms. The Labute approximate surface area is 207 Å². The number of nitrogens with one attached hydrogen (secondary N) is 1. The molecule has 0 aliphatic carbocycles. The van der Waals surface area contributed by atoms with Crippen LogP contribution in [-0.2, 0) is 13.6 Å². The van der Waals surface area contributed by atoms with Gasteiger partial charge in [-0.1, -0.05) is 12.1 Å². The molecule has 1 aliphatic rings. The summed E-state index contributed by atoms with van der Waals surface area (Å²) in [5, 5.41) is 29.9. The monoisotopic (exact) mass is 480 g/mol. The van der Waals surface area contributed by atoms with E-state index in [1.165, 1.54) is 12.1 Å². The van der Waals surface area contributed by atoms with E-state index in [4.69, 9.17) is 4.98 Å². The molecule has 0 unspecified atom stereocenters. The molecule has 1 aliphatic heterocycles. The van der Waals surface area contributed by atoms with Crippen LogP contribution in [0.1, 0.15) is 18.4 Å². The quantitative estimate of drug-likeness (QED) is 0.398. The van der Waals surface area contributed by atoms with E-state index in [1.54, 1.807) is 6.07 Å². The topological polar surface area (TPSA) is 91.7 Å². The number of nitriles is 1. The van der Waals surface area contributed by atoms with E-state index >= 15 is 0 Å². The number of pyridine rings is 1. The average molecular weight is 481 g/mol. The third-order valence-electron chi connectivity index (χ3n) is 7.23. The molecule has 2 N–H and O–H groups in total. The van der Waals surface area contributed by atoms with Crippen molar-refractivity contribution in [2.45, 2.75) is 25.0 Å². The predicted octanol–water partition coefficient (Wildman–Crippen LogP) is 4.38. The standard InChI is InChI=1S/C28H25FN6O/c1-34-24-5-4-19(12-21(24)15-33-34)27-26(18-2-3-20(14-30)23(29)13-18)22-6-11-35(25(22)16-32-27)17-28(36)7-9-31-10-8-28/h2-6,11-13,15-16,31,36H,7-10,17H2,1H3. The SMILES string of the molecule is Cn1ncc2cc(-c3ncc4c(ccn4CC4(O)CCNCC4)c3-c3ccc(C#N)c(F)c3)ccc21. The number of hydrogen-bond acceptors (Lipinski definition) is 5. The number of benzene rings is 2. The minimum absolute atomic E-state index is 0.00270. The zero-order valence-electron chi connectivity index (χ0n) is 19.9. The second-order valence-corrected chi connectivity index (χ2v) is 9.55. The molecule has 3 aromatic heterocycles. The Hall–Kier alpha value is -4.06. The van der Waals surface area contributed by atoms with Gasteiger partial charge in [0.2, 0.25) is 0 Å². The van der Waals surface area contributed by atoms with Gasteiger partial charge < -0.3 is 15.0 Å². The van der Waals surface area contributed by atoms with Gasteiger partial charge in [-0.05, 0) is 61.8 Å². The highest BCUT2D eigenvalue weighted by molar-refractivity contribution is 6.02. The molecule has 0 amide bonds. The Morgan fingerprint density at radius 3 is 2.67 bits per heavy atom. The fourth-order valence-corrected chi connectivity index (χ4v) is 5.25. The van der Waals surface area contributed by atoms with Crippen LogP contribution in [0.15, 0.2) is 61.1 Å². The summed E-state index contributed by atoms with van der Waals surface area (Å²) in [5.74, 6) is -0.566. The molecule has 0 atom stereocenters. The highest BCUT2D eigenvalue weighted by atomic mass is 19.1. The maximum atomic E-state index is 14.7. The maximum absolute atomic E-state index is 14.7. The van der Waals surface area contributed by atoms with Gasteiger partial charge in [0, 0.05) is 35.1 Å². The number of aryl methyl sites for hydroxylation is 1. The molecule has 36 heavy (non-hydrogen) atoms. The van der Waals surface area contributed by atoms with Gasteiger partial charge in [0.05, 0.1) is 46.8 Å². The molecule has 4 heterocycles. The molecule has 180 valence electrons. The molecule has 5 aromatic rings. The van der Waals surface area contributed by atoms with Crippen molar-refractivity contribution in [1.82, 2.24) is 24.6 Å². The minimum atomic E-state index is -0.790. The summed E-state index contributed by atoms with van der Waals surface area (Å²) in [4.78, 5) is 4.86. The third kappa shape index (κ3) is 3.73. The fraction of sp³-hybridized carbons (Fsp3) is 0.250. The lowest BCUT2D eigenvalue weighted by Crippen LogP contribution is -2.44. The van der Waals surface area contributed by atoms with E-state index in [9.17, 15) is 14.8 Å². The van der Waals surface area contributed by atoms with Crippen LogP contribution < -0.4 is 5.32 Å². The van der Waals surface area contributed by atoms with Gasteiger partial charge in [-0.2, -0.15) is 10.4 Å².